The summed E-state index contributed by atoms with van der Waals surface area (Å²) in [6.07, 6.45) is -0.776. The third-order valence-corrected chi connectivity index (χ3v) is 2.85. The first-order valence-corrected chi connectivity index (χ1v) is 9.29. The van der Waals surface area contributed by atoms with Crippen molar-refractivity contribution >= 4 is 6.16 Å². The zero-order valence-corrected chi connectivity index (χ0v) is 16.4. The van der Waals surface area contributed by atoms with E-state index in [-0.39, 0.29) is 39.6 Å². The van der Waals surface area contributed by atoms with Crippen LogP contribution in [0.2, 0.25) is 0 Å². The van der Waals surface area contributed by atoms with E-state index in [1.54, 1.807) is 0 Å². The number of rotatable bonds is 22. The molecule has 11 heteroatoms. The summed E-state index contributed by atoms with van der Waals surface area (Å²) in [4.78, 5) is 11.3. The van der Waals surface area contributed by atoms with Crippen LogP contribution in [-0.2, 0) is 37.9 Å². The van der Waals surface area contributed by atoms with Crippen LogP contribution in [0.25, 0.3) is 0 Å². The molecule has 168 valence electrons. The van der Waals surface area contributed by atoms with Gasteiger partial charge in [-0.05, 0) is 0 Å². The van der Waals surface area contributed by atoms with Crippen molar-refractivity contribution in [2.24, 2.45) is 0 Å². The number of hydrogen-bond acceptors (Lipinski definition) is 11. The van der Waals surface area contributed by atoms with Gasteiger partial charge in [0, 0.05) is 0 Å². The van der Waals surface area contributed by atoms with E-state index in [1.165, 1.54) is 0 Å². The quantitative estimate of drug-likeness (QED) is 0.171. The molecule has 0 heterocycles. The summed E-state index contributed by atoms with van der Waals surface area (Å²) in [6, 6.07) is 0. The lowest BCUT2D eigenvalue weighted by atomic mass is 10.7. The maximum atomic E-state index is 11.3. The third-order valence-electron chi connectivity index (χ3n) is 2.85. The van der Waals surface area contributed by atoms with Crippen LogP contribution in [0.3, 0.4) is 0 Å². The Labute approximate surface area is 165 Å². The van der Waals surface area contributed by atoms with Crippen LogP contribution in [0.15, 0.2) is 0 Å². The first kappa shape index (κ1) is 27.0. The van der Waals surface area contributed by atoms with Crippen LogP contribution in [0, 0.1) is 0 Å². The van der Waals surface area contributed by atoms with Crippen molar-refractivity contribution in [2.45, 2.75) is 0 Å². The second-order valence-electron chi connectivity index (χ2n) is 5.07. The topological polar surface area (TPSA) is 131 Å². The molecule has 28 heavy (non-hydrogen) atoms. The minimum Gasteiger partial charge on any atom is -0.432 e. The van der Waals surface area contributed by atoms with E-state index in [2.05, 4.69) is 0 Å². The van der Waals surface area contributed by atoms with Gasteiger partial charge in [0.1, 0.15) is 13.2 Å². The molecule has 0 aromatic heterocycles. The minimum absolute atomic E-state index is 0.00297. The number of carbonyl (C=O) groups is 1. The van der Waals surface area contributed by atoms with Crippen LogP contribution in [0.1, 0.15) is 0 Å². The highest BCUT2D eigenvalue weighted by molar-refractivity contribution is 5.59. The molecule has 0 radical (unpaired) electrons. The fourth-order valence-electron chi connectivity index (χ4n) is 1.62. The minimum atomic E-state index is -0.776. The zero-order chi connectivity index (χ0) is 20.5. The fourth-order valence-corrected chi connectivity index (χ4v) is 1.62. The molecular formula is C17H34O11. The number of ether oxygens (including phenoxy) is 8. The number of aliphatic hydroxyl groups is 2. The van der Waals surface area contributed by atoms with Gasteiger partial charge < -0.3 is 48.1 Å². The maximum absolute atomic E-state index is 11.3. The fraction of sp³-hybridized carbons (Fsp3) is 0.941. The summed E-state index contributed by atoms with van der Waals surface area (Å²) < 4.78 is 40.6. The first-order chi connectivity index (χ1) is 13.8. The van der Waals surface area contributed by atoms with Gasteiger partial charge in [0.2, 0.25) is 0 Å². The van der Waals surface area contributed by atoms with Gasteiger partial charge in [-0.15, -0.1) is 0 Å². The second-order valence-corrected chi connectivity index (χ2v) is 5.07. The smallest absolute Gasteiger partial charge is 0.432 e. The summed E-state index contributed by atoms with van der Waals surface area (Å²) in [5.74, 6) is 0. The summed E-state index contributed by atoms with van der Waals surface area (Å²) in [6.45, 7) is 4.54. The molecule has 0 saturated carbocycles. The molecule has 0 bridgehead atoms. The molecule has 0 atom stereocenters. The summed E-state index contributed by atoms with van der Waals surface area (Å²) in [5.41, 5.74) is 0. The highest BCUT2D eigenvalue weighted by atomic mass is 16.7. The zero-order valence-electron chi connectivity index (χ0n) is 16.4. The molecule has 0 spiro atoms. The molecule has 0 amide bonds. The average molecular weight is 414 g/mol. The van der Waals surface area contributed by atoms with Gasteiger partial charge in [-0.1, -0.05) is 0 Å². The van der Waals surface area contributed by atoms with E-state index in [4.69, 9.17) is 48.1 Å². The molecule has 0 aliphatic carbocycles. The lowest BCUT2D eigenvalue weighted by Gasteiger charge is -2.08. The molecule has 0 aromatic carbocycles. The van der Waals surface area contributed by atoms with Crippen LogP contribution in [-0.4, -0.2) is 122 Å². The average Bonchev–Trinajstić information content (AvgIpc) is 2.70. The SMILES string of the molecule is O=C(OCCOCCOCCOCCO)OCCOCCOCCOCCO. The van der Waals surface area contributed by atoms with E-state index in [0.29, 0.717) is 66.1 Å². The van der Waals surface area contributed by atoms with E-state index in [1.807, 2.05) is 0 Å². The molecule has 0 rings (SSSR count). The van der Waals surface area contributed by atoms with Crippen molar-refractivity contribution in [1.29, 1.82) is 0 Å². The highest BCUT2D eigenvalue weighted by Gasteiger charge is 2.03. The predicted octanol–water partition coefficient (Wildman–Crippen LogP) is -0.776. The Kier molecular flexibility index (Phi) is 23.1. The third kappa shape index (κ3) is 23.0. The largest absolute Gasteiger partial charge is 0.508 e. The Morgan fingerprint density at radius 2 is 0.679 bits per heavy atom. The van der Waals surface area contributed by atoms with E-state index < -0.39 is 6.16 Å². The predicted molar refractivity (Wildman–Crippen MR) is 96.4 cm³/mol. The van der Waals surface area contributed by atoms with Gasteiger partial charge in [0.05, 0.1) is 92.5 Å². The summed E-state index contributed by atoms with van der Waals surface area (Å²) in [5, 5.41) is 17.0. The molecule has 0 saturated heterocycles. The molecule has 2 N–H and O–H groups in total. The van der Waals surface area contributed by atoms with Crippen molar-refractivity contribution in [1.82, 2.24) is 0 Å². The van der Waals surface area contributed by atoms with Gasteiger partial charge in [0.25, 0.3) is 0 Å². The van der Waals surface area contributed by atoms with Crippen molar-refractivity contribution < 1.29 is 52.9 Å². The Morgan fingerprint density at radius 1 is 0.429 bits per heavy atom. The second kappa shape index (κ2) is 24.0. The highest BCUT2D eigenvalue weighted by Crippen LogP contribution is 1.88. The normalized spacial score (nSPS) is 10.9. The van der Waals surface area contributed by atoms with Gasteiger partial charge >= 0.3 is 6.16 Å². The molecule has 0 aliphatic heterocycles. The van der Waals surface area contributed by atoms with E-state index >= 15 is 0 Å². The van der Waals surface area contributed by atoms with Gasteiger partial charge in [0.15, 0.2) is 0 Å². The van der Waals surface area contributed by atoms with Crippen molar-refractivity contribution in [3.05, 3.63) is 0 Å². The van der Waals surface area contributed by atoms with Gasteiger partial charge in [-0.25, -0.2) is 4.79 Å². The molecule has 0 unspecified atom stereocenters. The molecule has 0 fully saturated rings. The number of aliphatic hydroxyl groups excluding tert-OH is 2. The lowest BCUT2D eigenvalue weighted by Crippen LogP contribution is -2.17. The maximum Gasteiger partial charge on any atom is 0.508 e. The Bertz CT molecular complexity index is 289. The van der Waals surface area contributed by atoms with Crippen molar-refractivity contribution in [3.8, 4) is 0 Å². The summed E-state index contributed by atoms with van der Waals surface area (Å²) >= 11 is 0. The standard InChI is InChI=1S/C17H34O11/c18-1-3-21-5-7-23-9-11-25-13-15-27-17(20)28-16-14-26-12-10-24-8-6-22-4-2-19/h18-19H,1-16H2. The lowest BCUT2D eigenvalue weighted by molar-refractivity contribution is -0.0165. The number of carbonyl (C=O) groups excluding carboxylic acids is 1. The van der Waals surface area contributed by atoms with Crippen LogP contribution in [0.4, 0.5) is 4.79 Å². The Morgan fingerprint density at radius 3 is 0.964 bits per heavy atom. The Balaban J connectivity index is 3.13. The van der Waals surface area contributed by atoms with Gasteiger partial charge in [-0.3, -0.25) is 0 Å². The Hall–Kier alpha value is -1.05. The summed E-state index contributed by atoms with van der Waals surface area (Å²) in [7, 11) is 0. The molecule has 11 nitrogen and oxygen atoms in total. The first-order valence-electron chi connectivity index (χ1n) is 9.29. The molecule has 0 aliphatic rings. The van der Waals surface area contributed by atoms with Crippen molar-refractivity contribution in [2.75, 3.05) is 106 Å². The van der Waals surface area contributed by atoms with Crippen LogP contribution < -0.4 is 0 Å². The van der Waals surface area contributed by atoms with Crippen LogP contribution >= 0.6 is 0 Å². The molecule has 0 aromatic rings. The molecular weight excluding hydrogens is 380 g/mol. The van der Waals surface area contributed by atoms with E-state index in [0.717, 1.165) is 0 Å². The van der Waals surface area contributed by atoms with Crippen LogP contribution in [0.5, 0.6) is 0 Å². The van der Waals surface area contributed by atoms with Crippen molar-refractivity contribution in [3.63, 3.8) is 0 Å². The monoisotopic (exact) mass is 414 g/mol. The van der Waals surface area contributed by atoms with Gasteiger partial charge in [-0.2, -0.15) is 0 Å². The van der Waals surface area contributed by atoms with E-state index in [9.17, 15) is 4.79 Å². The number of hydrogen-bond donors (Lipinski definition) is 2.